The summed E-state index contributed by atoms with van der Waals surface area (Å²) < 4.78 is 5.00. The third kappa shape index (κ3) is 3.96. The van der Waals surface area contributed by atoms with Crippen LogP contribution in [0.15, 0.2) is 23.5 Å². The minimum absolute atomic E-state index is 0.268. The van der Waals surface area contributed by atoms with E-state index in [1.807, 2.05) is 32.9 Å². The lowest BCUT2D eigenvalue weighted by Gasteiger charge is -2.06. The molecule has 0 aliphatic heterocycles. The van der Waals surface area contributed by atoms with Crippen molar-refractivity contribution in [3.63, 3.8) is 0 Å². The smallest absolute Gasteiger partial charge is 0.308 e. The van der Waals surface area contributed by atoms with Crippen molar-refractivity contribution in [1.29, 1.82) is 0 Å². The van der Waals surface area contributed by atoms with Gasteiger partial charge in [0.15, 0.2) is 0 Å². The minimum atomic E-state index is -0.268. The number of hydrogen-bond acceptors (Lipinski definition) is 2. The Morgan fingerprint density at radius 2 is 2.00 bits per heavy atom. The first-order valence-corrected chi connectivity index (χ1v) is 4.13. The number of esters is 1. The molecule has 0 aliphatic rings. The molecule has 0 aromatic rings. The number of allylic oxidation sites excluding steroid dienone is 3. The summed E-state index contributed by atoms with van der Waals surface area (Å²) >= 11 is 0. The molecule has 2 heteroatoms. The Balaban J connectivity index is 4.45. The molecule has 0 saturated carbocycles. The summed E-state index contributed by atoms with van der Waals surface area (Å²) in [6.45, 7) is 7.26. The van der Waals surface area contributed by atoms with Gasteiger partial charge < -0.3 is 4.74 Å². The van der Waals surface area contributed by atoms with Crippen molar-refractivity contribution in [1.82, 2.24) is 0 Å². The quantitative estimate of drug-likeness (QED) is 0.368. The van der Waals surface area contributed by atoms with E-state index in [1.54, 1.807) is 0 Å². The zero-order chi connectivity index (χ0) is 9.56. The maximum absolute atomic E-state index is 10.7. The molecule has 2 nitrogen and oxygen atoms in total. The van der Waals surface area contributed by atoms with Gasteiger partial charge in [-0.25, -0.2) is 0 Å². The zero-order valence-electron chi connectivity index (χ0n) is 8.18. The maximum atomic E-state index is 10.7. The summed E-state index contributed by atoms with van der Waals surface area (Å²) in [4.78, 5) is 10.7. The third-order valence-electron chi connectivity index (χ3n) is 1.46. The van der Waals surface area contributed by atoms with E-state index in [-0.39, 0.29) is 5.97 Å². The monoisotopic (exact) mass is 168 g/mol. The van der Waals surface area contributed by atoms with Crippen LogP contribution in [0.2, 0.25) is 0 Å². The molecular weight excluding hydrogens is 152 g/mol. The van der Waals surface area contributed by atoms with Crippen LogP contribution in [0.3, 0.4) is 0 Å². The Hall–Kier alpha value is -1.05. The van der Waals surface area contributed by atoms with Gasteiger partial charge in [0.1, 0.15) is 5.76 Å². The maximum Gasteiger partial charge on any atom is 0.308 e. The molecular formula is C10H16O2. The van der Waals surface area contributed by atoms with E-state index in [0.29, 0.717) is 5.76 Å². The molecule has 0 rings (SSSR count). The van der Waals surface area contributed by atoms with E-state index in [9.17, 15) is 4.79 Å². The van der Waals surface area contributed by atoms with Crippen molar-refractivity contribution >= 4 is 5.97 Å². The van der Waals surface area contributed by atoms with E-state index in [1.165, 1.54) is 6.92 Å². The molecule has 68 valence electrons. The fraction of sp³-hybridized carbons (Fsp3) is 0.500. The molecule has 0 N–H and O–H groups in total. The predicted molar refractivity (Wildman–Crippen MR) is 49.6 cm³/mol. The van der Waals surface area contributed by atoms with Crippen LogP contribution in [-0.2, 0) is 9.53 Å². The second kappa shape index (κ2) is 5.58. The first-order valence-electron chi connectivity index (χ1n) is 4.13. The van der Waals surface area contributed by atoms with Crippen LogP contribution in [0.5, 0.6) is 0 Å². The first-order chi connectivity index (χ1) is 5.61. The van der Waals surface area contributed by atoms with Gasteiger partial charge in [0.05, 0.1) is 0 Å². The summed E-state index contributed by atoms with van der Waals surface area (Å²) in [5.41, 5.74) is 0.993. The first kappa shape index (κ1) is 11.0. The fourth-order valence-electron chi connectivity index (χ4n) is 0.766. The zero-order valence-corrected chi connectivity index (χ0v) is 8.18. The van der Waals surface area contributed by atoms with E-state index in [4.69, 9.17) is 4.74 Å². The molecule has 0 fully saturated rings. The lowest BCUT2D eigenvalue weighted by molar-refractivity contribution is -0.136. The summed E-state index contributed by atoms with van der Waals surface area (Å²) in [7, 11) is 0. The SMILES string of the molecule is C/C=C(C)\C(=C/CC)OC(C)=O. The molecule has 0 saturated heterocycles. The Morgan fingerprint density at radius 1 is 1.42 bits per heavy atom. The lowest BCUT2D eigenvalue weighted by Crippen LogP contribution is -1.99. The van der Waals surface area contributed by atoms with Crippen molar-refractivity contribution in [3.8, 4) is 0 Å². The van der Waals surface area contributed by atoms with Gasteiger partial charge in [-0.3, -0.25) is 4.79 Å². The topological polar surface area (TPSA) is 26.3 Å². The molecule has 0 aromatic carbocycles. The number of ether oxygens (including phenoxy) is 1. The van der Waals surface area contributed by atoms with Crippen molar-refractivity contribution in [2.45, 2.75) is 34.1 Å². The molecule has 0 spiro atoms. The normalized spacial score (nSPS) is 13.0. The van der Waals surface area contributed by atoms with Crippen LogP contribution >= 0.6 is 0 Å². The Morgan fingerprint density at radius 3 is 2.33 bits per heavy atom. The highest BCUT2D eigenvalue weighted by atomic mass is 16.5. The van der Waals surface area contributed by atoms with Crippen LogP contribution in [0.1, 0.15) is 34.1 Å². The van der Waals surface area contributed by atoms with Gasteiger partial charge in [-0.05, 0) is 31.9 Å². The fourth-order valence-corrected chi connectivity index (χ4v) is 0.766. The second-order valence-electron chi connectivity index (χ2n) is 2.54. The van der Waals surface area contributed by atoms with Gasteiger partial charge in [0, 0.05) is 6.92 Å². The summed E-state index contributed by atoms with van der Waals surface area (Å²) in [5, 5.41) is 0. The average molecular weight is 168 g/mol. The minimum Gasteiger partial charge on any atom is -0.427 e. The van der Waals surface area contributed by atoms with Gasteiger partial charge in [-0.15, -0.1) is 0 Å². The summed E-state index contributed by atoms with van der Waals surface area (Å²) in [6.07, 6.45) is 4.69. The molecule has 0 unspecified atom stereocenters. The molecule has 0 heterocycles. The van der Waals surface area contributed by atoms with Gasteiger partial charge in [0.25, 0.3) is 0 Å². The van der Waals surface area contributed by atoms with E-state index in [2.05, 4.69) is 0 Å². The highest BCUT2D eigenvalue weighted by molar-refractivity contribution is 5.68. The number of carbonyl (C=O) groups is 1. The van der Waals surface area contributed by atoms with Gasteiger partial charge in [-0.2, -0.15) is 0 Å². The van der Waals surface area contributed by atoms with E-state index in [0.717, 1.165) is 12.0 Å². The van der Waals surface area contributed by atoms with E-state index >= 15 is 0 Å². The van der Waals surface area contributed by atoms with Crippen molar-refractivity contribution < 1.29 is 9.53 Å². The summed E-state index contributed by atoms with van der Waals surface area (Å²) in [6, 6.07) is 0. The van der Waals surface area contributed by atoms with Gasteiger partial charge >= 0.3 is 5.97 Å². The summed E-state index contributed by atoms with van der Waals surface area (Å²) in [5.74, 6) is 0.406. The van der Waals surface area contributed by atoms with Crippen LogP contribution in [0.4, 0.5) is 0 Å². The molecule has 0 bridgehead atoms. The molecule has 0 atom stereocenters. The predicted octanol–water partition coefficient (Wildman–Crippen LogP) is 2.81. The van der Waals surface area contributed by atoms with Crippen molar-refractivity contribution in [2.75, 3.05) is 0 Å². The number of hydrogen-bond donors (Lipinski definition) is 0. The standard InChI is InChI=1S/C10H16O2/c1-5-7-10(8(3)6-2)12-9(4)11/h6-7H,5H2,1-4H3/b8-6-,10-7+. The Labute approximate surface area is 73.9 Å². The molecule has 0 aromatic heterocycles. The van der Waals surface area contributed by atoms with Crippen LogP contribution in [0, 0.1) is 0 Å². The van der Waals surface area contributed by atoms with Crippen LogP contribution in [-0.4, -0.2) is 5.97 Å². The number of rotatable bonds is 3. The van der Waals surface area contributed by atoms with E-state index < -0.39 is 0 Å². The Kier molecular flexibility index (Phi) is 5.09. The largest absolute Gasteiger partial charge is 0.427 e. The second-order valence-corrected chi connectivity index (χ2v) is 2.54. The Bertz CT molecular complexity index is 212. The molecule has 0 radical (unpaired) electrons. The molecule has 0 amide bonds. The number of carbonyl (C=O) groups excluding carboxylic acids is 1. The average Bonchev–Trinajstić information content (AvgIpc) is 2.01. The van der Waals surface area contributed by atoms with Crippen LogP contribution in [0.25, 0.3) is 0 Å². The highest BCUT2D eigenvalue weighted by Crippen LogP contribution is 2.11. The molecule has 12 heavy (non-hydrogen) atoms. The molecule has 0 aliphatic carbocycles. The van der Waals surface area contributed by atoms with Crippen molar-refractivity contribution in [2.24, 2.45) is 0 Å². The highest BCUT2D eigenvalue weighted by Gasteiger charge is 2.02. The third-order valence-corrected chi connectivity index (χ3v) is 1.46. The van der Waals surface area contributed by atoms with Crippen LogP contribution < -0.4 is 0 Å². The van der Waals surface area contributed by atoms with Gasteiger partial charge in [0.2, 0.25) is 0 Å². The van der Waals surface area contributed by atoms with Gasteiger partial charge in [-0.1, -0.05) is 13.0 Å². The lowest BCUT2D eigenvalue weighted by atomic mass is 10.2. The van der Waals surface area contributed by atoms with Crippen molar-refractivity contribution in [3.05, 3.63) is 23.5 Å².